The summed E-state index contributed by atoms with van der Waals surface area (Å²) in [5.41, 5.74) is 9.22. The summed E-state index contributed by atoms with van der Waals surface area (Å²) in [6.07, 6.45) is 0.510. The molecule has 2 aromatic rings. The molecule has 0 radical (unpaired) electrons. The highest BCUT2D eigenvalue weighted by atomic mass is 16.6. The zero-order valence-corrected chi connectivity index (χ0v) is 14.0. The Morgan fingerprint density at radius 1 is 1.30 bits per heavy atom. The number of carbonyl (C=O) groups is 1. The molecule has 0 spiro atoms. The quantitative estimate of drug-likeness (QED) is 0.878. The molecule has 0 fully saturated rings. The molecule has 0 saturated carbocycles. The monoisotopic (exact) mass is 314 g/mol. The Hall–Kier alpha value is -2.50. The van der Waals surface area contributed by atoms with Crippen LogP contribution < -0.4 is 10.6 Å². The van der Waals surface area contributed by atoms with Gasteiger partial charge in [-0.25, -0.2) is 4.79 Å². The van der Waals surface area contributed by atoms with E-state index in [1.165, 1.54) is 0 Å². The van der Waals surface area contributed by atoms with Crippen molar-refractivity contribution in [3.63, 3.8) is 0 Å². The minimum atomic E-state index is -0.495. The zero-order valence-electron chi connectivity index (χ0n) is 14.0. The molecule has 1 amide bonds. The van der Waals surface area contributed by atoms with Gasteiger partial charge in [-0.15, -0.1) is 0 Å². The first-order chi connectivity index (χ1) is 10.7. The molecule has 2 heterocycles. The number of ether oxygens (including phenoxy) is 1. The minimum absolute atomic E-state index is 0.300. The molecular formula is C17H22N4O2. The van der Waals surface area contributed by atoms with Crippen LogP contribution in [0.2, 0.25) is 0 Å². The molecule has 2 N–H and O–H groups in total. The number of aryl methyl sites for hydroxylation is 1. The van der Waals surface area contributed by atoms with Gasteiger partial charge in [0.05, 0.1) is 11.4 Å². The van der Waals surface area contributed by atoms with Crippen molar-refractivity contribution in [2.24, 2.45) is 7.05 Å². The van der Waals surface area contributed by atoms with Gasteiger partial charge in [-0.3, -0.25) is 9.58 Å². The highest BCUT2D eigenvalue weighted by Crippen LogP contribution is 2.33. The fraction of sp³-hybridized carbons (Fsp3) is 0.412. The van der Waals surface area contributed by atoms with Crippen LogP contribution in [0.4, 0.5) is 16.3 Å². The number of aromatic nitrogens is 2. The number of amides is 1. The Balaban J connectivity index is 1.87. The van der Waals surface area contributed by atoms with E-state index in [1.807, 2.05) is 46.0 Å². The molecule has 0 saturated heterocycles. The summed E-state index contributed by atoms with van der Waals surface area (Å²) in [6, 6.07) is 7.83. The molecule has 6 nitrogen and oxygen atoms in total. The smallest absolute Gasteiger partial charge is 0.414 e. The zero-order chi connectivity index (χ0) is 16.8. The molecule has 0 bridgehead atoms. The van der Waals surface area contributed by atoms with Gasteiger partial charge >= 0.3 is 6.09 Å². The van der Waals surface area contributed by atoms with Gasteiger partial charge in [-0.2, -0.15) is 5.10 Å². The second-order valence-electron chi connectivity index (χ2n) is 6.80. The van der Waals surface area contributed by atoms with Gasteiger partial charge in [0.1, 0.15) is 11.4 Å². The molecule has 3 rings (SSSR count). The number of nitrogens with two attached hydrogens (primary N) is 1. The number of hydrogen-bond donors (Lipinski definition) is 1. The van der Waals surface area contributed by atoms with Gasteiger partial charge in [-0.05, 0) is 44.9 Å². The number of benzene rings is 1. The maximum atomic E-state index is 12.3. The van der Waals surface area contributed by atoms with Crippen LogP contribution in [0.5, 0.6) is 0 Å². The Labute approximate surface area is 135 Å². The van der Waals surface area contributed by atoms with E-state index in [4.69, 9.17) is 10.5 Å². The summed E-state index contributed by atoms with van der Waals surface area (Å²) in [4.78, 5) is 14.0. The lowest BCUT2D eigenvalue weighted by atomic mass is 10.1. The fourth-order valence-corrected chi connectivity index (χ4v) is 2.69. The first-order valence-corrected chi connectivity index (χ1v) is 7.68. The molecule has 1 aliphatic rings. The third kappa shape index (κ3) is 3.02. The van der Waals surface area contributed by atoms with Crippen molar-refractivity contribution in [3.8, 4) is 11.3 Å². The molecule has 1 aromatic carbocycles. The SMILES string of the molecule is Cn1nc(-c2ccc3c(c2)CCN3C(=O)OC(C)(C)C)cc1N. The van der Waals surface area contributed by atoms with Crippen LogP contribution in [0.1, 0.15) is 26.3 Å². The van der Waals surface area contributed by atoms with Crippen molar-refractivity contribution in [2.45, 2.75) is 32.8 Å². The van der Waals surface area contributed by atoms with Gasteiger partial charge < -0.3 is 10.5 Å². The Morgan fingerprint density at radius 2 is 2.04 bits per heavy atom. The maximum absolute atomic E-state index is 12.3. The van der Waals surface area contributed by atoms with Gasteiger partial charge in [0.2, 0.25) is 0 Å². The van der Waals surface area contributed by atoms with Crippen molar-refractivity contribution in [3.05, 3.63) is 29.8 Å². The van der Waals surface area contributed by atoms with Crippen molar-refractivity contribution in [1.82, 2.24) is 9.78 Å². The Bertz CT molecular complexity index is 739. The summed E-state index contributed by atoms with van der Waals surface area (Å²) in [7, 11) is 1.82. The Kier molecular flexibility index (Phi) is 3.55. The largest absolute Gasteiger partial charge is 0.443 e. The lowest BCUT2D eigenvalue weighted by Crippen LogP contribution is -2.35. The van der Waals surface area contributed by atoms with Crippen LogP contribution in [0, 0.1) is 0 Å². The first kappa shape index (κ1) is 15.4. The van der Waals surface area contributed by atoms with Crippen LogP contribution in [0.3, 0.4) is 0 Å². The molecule has 23 heavy (non-hydrogen) atoms. The topological polar surface area (TPSA) is 73.4 Å². The molecule has 1 aliphatic heterocycles. The standard InChI is InChI=1S/C17H22N4O2/c1-17(2,3)23-16(22)21-8-7-12-9-11(5-6-14(12)21)13-10-15(18)20(4)19-13/h5-6,9-10H,7-8,18H2,1-4H3. The molecule has 6 heteroatoms. The number of fused-ring (bicyclic) bond motifs is 1. The van der Waals surface area contributed by atoms with Gasteiger partial charge in [0, 0.05) is 25.2 Å². The second kappa shape index (κ2) is 5.30. The molecule has 1 aromatic heterocycles. The van der Waals surface area contributed by atoms with E-state index in [2.05, 4.69) is 11.2 Å². The second-order valence-corrected chi connectivity index (χ2v) is 6.80. The predicted octanol–water partition coefficient (Wildman–Crippen LogP) is 2.97. The van der Waals surface area contributed by atoms with Crippen molar-refractivity contribution < 1.29 is 9.53 Å². The van der Waals surface area contributed by atoms with E-state index in [-0.39, 0.29) is 6.09 Å². The first-order valence-electron chi connectivity index (χ1n) is 7.68. The number of nitrogens with zero attached hydrogens (tertiary/aromatic N) is 3. The highest BCUT2D eigenvalue weighted by molar-refractivity contribution is 5.91. The minimum Gasteiger partial charge on any atom is -0.443 e. The summed E-state index contributed by atoms with van der Waals surface area (Å²) >= 11 is 0. The summed E-state index contributed by atoms with van der Waals surface area (Å²) in [5, 5.41) is 4.39. The van der Waals surface area contributed by atoms with E-state index in [0.717, 1.165) is 28.9 Å². The van der Waals surface area contributed by atoms with Crippen LogP contribution in [0.15, 0.2) is 24.3 Å². The average molecular weight is 314 g/mol. The van der Waals surface area contributed by atoms with Gasteiger partial charge in [0.25, 0.3) is 0 Å². The summed E-state index contributed by atoms with van der Waals surface area (Å²) < 4.78 is 7.12. The molecule has 0 aliphatic carbocycles. The van der Waals surface area contributed by atoms with Gasteiger partial charge in [-0.1, -0.05) is 6.07 Å². The molecule has 0 atom stereocenters. The van der Waals surface area contributed by atoms with E-state index in [0.29, 0.717) is 12.4 Å². The number of nitrogen functional groups attached to an aromatic ring is 1. The third-order valence-electron chi connectivity index (χ3n) is 3.80. The van der Waals surface area contributed by atoms with Crippen LogP contribution in [0.25, 0.3) is 11.3 Å². The van der Waals surface area contributed by atoms with Crippen LogP contribution in [-0.2, 0) is 18.2 Å². The number of anilines is 2. The van der Waals surface area contributed by atoms with Crippen molar-refractivity contribution >= 4 is 17.6 Å². The van der Waals surface area contributed by atoms with E-state index < -0.39 is 5.60 Å². The van der Waals surface area contributed by atoms with Gasteiger partial charge in [0.15, 0.2) is 0 Å². The van der Waals surface area contributed by atoms with Crippen molar-refractivity contribution in [2.75, 3.05) is 17.2 Å². The average Bonchev–Trinajstić information content (AvgIpc) is 3.00. The normalized spacial score (nSPS) is 14.0. The lowest BCUT2D eigenvalue weighted by molar-refractivity contribution is 0.0584. The molecule has 0 unspecified atom stereocenters. The molecule has 122 valence electrons. The highest BCUT2D eigenvalue weighted by Gasteiger charge is 2.29. The Morgan fingerprint density at radius 3 is 2.65 bits per heavy atom. The lowest BCUT2D eigenvalue weighted by Gasteiger charge is -2.24. The van der Waals surface area contributed by atoms with Crippen LogP contribution in [-0.4, -0.2) is 28.0 Å². The maximum Gasteiger partial charge on any atom is 0.414 e. The molecular weight excluding hydrogens is 292 g/mol. The van der Waals surface area contributed by atoms with E-state index in [9.17, 15) is 4.79 Å². The van der Waals surface area contributed by atoms with E-state index >= 15 is 0 Å². The number of rotatable bonds is 1. The summed E-state index contributed by atoms with van der Waals surface area (Å²) in [6.45, 7) is 6.25. The van der Waals surface area contributed by atoms with E-state index in [1.54, 1.807) is 9.58 Å². The van der Waals surface area contributed by atoms with Crippen molar-refractivity contribution in [1.29, 1.82) is 0 Å². The van der Waals surface area contributed by atoms with Crippen LogP contribution >= 0.6 is 0 Å². The fourth-order valence-electron chi connectivity index (χ4n) is 2.69. The number of hydrogen-bond acceptors (Lipinski definition) is 4. The summed E-state index contributed by atoms with van der Waals surface area (Å²) in [5.74, 6) is 0.621. The number of carbonyl (C=O) groups excluding carboxylic acids is 1. The third-order valence-corrected chi connectivity index (χ3v) is 3.80. The predicted molar refractivity (Wildman–Crippen MR) is 90.3 cm³/mol.